The molecule has 2 atom stereocenters. The summed E-state index contributed by atoms with van der Waals surface area (Å²) in [5.41, 5.74) is 6.71. The molecule has 2 unspecified atom stereocenters. The molecule has 0 bridgehead atoms. The van der Waals surface area contributed by atoms with E-state index < -0.39 is 0 Å². The summed E-state index contributed by atoms with van der Waals surface area (Å²) in [5, 5.41) is 5.66. The quantitative estimate of drug-likeness (QED) is 0.329. The summed E-state index contributed by atoms with van der Waals surface area (Å²) in [7, 11) is 0. The summed E-state index contributed by atoms with van der Waals surface area (Å²) >= 11 is 13.1. The predicted molar refractivity (Wildman–Crippen MR) is 134 cm³/mol. The molecule has 1 aromatic heterocycles. The molecule has 2 heterocycles. The Balaban J connectivity index is 1.58. The molecule has 3 aromatic carbocycles. The van der Waals surface area contributed by atoms with Crippen molar-refractivity contribution in [2.75, 3.05) is 5.32 Å². The van der Waals surface area contributed by atoms with E-state index in [0.29, 0.717) is 16.5 Å². The lowest BCUT2D eigenvalue weighted by atomic mass is 9.71. The Hall–Kier alpha value is -3.14. The van der Waals surface area contributed by atoms with Crippen LogP contribution in [0.3, 0.4) is 0 Å². The second kappa shape index (κ2) is 8.02. The monoisotopic (exact) mass is 470 g/mol. The summed E-state index contributed by atoms with van der Waals surface area (Å²) in [4.78, 5) is 18.2. The van der Waals surface area contributed by atoms with Crippen molar-refractivity contribution >= 4 is 45.6 Å². The first-order valence-electron chi connectivity index (χ1n) is 11.0. The van der Waals surface area contributed by atoms with Crippen LogP contribution in [0.15, 0.2) is 90.3 Å². The van der Waals surface area contributed by atoms with Gasteiger partial charge in [-0.05, 0) is 53.3 Å². The zero-order valence-corrected chi connectivity index (χ0v) is 19.2. The molecule has 5 heteroatoms. The molecule has 33 heavy (non-hydrogen) atoms. The van der Waals surface area contributed by atoms with E-state index in [0.717, 1.165) is 45.4 Å². The average Bonchev–Trinajstić information content (AvgIpc) is 2.85. The number of carbonyl (C=O) groups excluding carboxylic acids is 1. The lowest BCUT2D eigenvalue weighted by Gasteiger charge is -2.37. The van der Waals surface area contributed by atoms with Gasteiger partial charge in [0.1, 0.15) is 0 Å². The van der Waals surface area contributed by atoms with Crippen molar-refractivity contribution in [3.63, 3.8) is 0 Å². The van der Waals surface area contributed by atoms with E-state index in [1.165, 1.54) is 5.56 Å². The molecule has 0 saturated carbocycles. The average molecular weight is 471 g/mol. The summed E-state index contributed by atoms with van der Waals surface area (Å²) in [5.74, 6) is 0.00180. The normalized spacial score (nSPS) is 19.8. The molecule has 4 aromatic rings. The highest BCUT2D eigenvalue weighted by atomic mass is 35.5. The highest BCUT2D eigenvalue weighted by Crippen LogP contribution is 2.51. The Labute approximate surface area is 202 Å². The van der Waals surface area contributed by atoms with Crippen LogP contribution in [0.1, 0.15) is 41.4 Å². The number of nitrogens with zero attached hydrogens (tertiary/aromatic N) is 1. The van der Waals surface area contributed by atoms with E-state index in [1.54, 1.807) is 12.3 Å². The minimum absolute atomic E-state index is 0.134. The number of aromatic nitrogens is 1. The molecule has 2 aliphatic rings. The number of allylic oxidation sites excluding steroid dienone is 2. The van der Waals surface area contributed by atoms with Crippen LogP contribution in [0.25, 0.3) is 10.9 Å². The van der Waals surface area contributed by atoms with E-state index >= 15 is 0 Å². The Morgan fingerprint density at radius 3 is 2.55 bits per heavy atom. The van der Waals surface area contributed by atoms with Crippen molar-refractivity contribution in [1.29, 1.82) is 0 Å². The number of hydrogen-bond acceptors (Lipinski definition) is 3. The Kier molecular flexibility index (Phi) is 4.97. The van der Waals surface area contributed by atoms with Crippen LogP contribution in [0, 0.1) is 0 Å². The number of benzene rings is 3. The first-order valence-corrected chi connectivity index (χ1v) is 11.8. The molecule has 0 saturated heterocycles. The fourth-order valence-electron chi connectivity index (χ4n) is 5.27. The second-order valence-corrected chi connectivity index (χ2v) is 9.42. The molecule has 3 nitrogen and oxygen atoms in total. The van der Waals surface area contributed by atoms with Gasteiger partial charge in [-0.3, -0.25) is 9.78 Å². The summed E-state index contributed by atoms with van der Waals surface area (Å²) in [6, 6.07) is 24.0. The standard InChI is InChI=1S/C28H20Cl2N2O/c29-21-10-4-8-19(27(21)30)25-20-11-12-22-18(9-5-13-31-22)28(20)32-23-14-17(15-24(33)26(23)25)16-6-2-1-3-7-16/h1-13,17,25,32H,14-15H2. The number of halogens is 2. The van der Waals surface area contributed by atoms with Gasteiger partial charge in [-0.25, -0.2) is 0 Å². The van der Waals surface area contributed by atoms with Crippen LogP contribution in [0.4, 0.5) is 5.69 Å². The van der Waals surface area contributed by atoms with Gasteiger partial charge in [0.15, 0.2) is 5.78 Å². The smallest absolute Gasteiger partial charge is 0.162 e. The Morgan fingerprint density at radius 2 is 1.70 bits per heavy atom. The van der Waals surface area contributed by atoms with Crippen molar-refractivity contribution in [3.05, 3.63) is 117 Å². The number of carbonyl (C=O) groups is 1. The molecule has 1 aliphatic heterocycles. The van der Waals surface area contributed by atoms with E-state index in [1.807, 2.05) is 42.5 Å². The topological polar surface area (TPSA) is 42.0 Å². The molecular formula is C28H20Cl2N2O. The van der Waals surface area contributed by atoms with Gasteiger partial charge >= 0.3 is 0 Å². The second-order valence-electron chi connectivity index (χ2n) is 8.63. The molecule has 1 aliphatic carbocycles. The van der Waals surface area contributed by atoms with Gasteiger partial charge in [-0.2, -0.15) is 0 Å². The number of Topliss-reactive ketones (excluding diaryl/α,β-unsaturated/α-hetero) is 1. The Bertz CT molecular complexity index is 1450. The summed E-state index contributed by atoms with van der Waals surface area (Å²) in [6.45, 7) is 0. The predicted octanol–water partition coefficient (Wildman–Crippen LogP) is 7.50. The van der Waals surface area contributed by atoms with Crippen molar-refractivity contribution in [1.82, 2.24) is 4.98 Å². The third kappa shape index (κ3) is 3.35. The van der Waals surface area contributed by atoms with E-state index in [9.17, 15) is 4.79 Å². The number of ketones is 1. The van der Waals surface area contributed by atoms with Crippen LogP contribution in [-0.4, -0.2) is 10.8 Å². The summed E-state index contributed by atoms with van der Waals surface area (Å²) in [6.07, 6.45) is 3.03. The molecule has 1 N–H and O–H groups in total. The number of anilines is 1. The van der Waals surface area contributed by atoms with Gasteiger partial charge in [0, 0.05) is 35.2 Å². The number of pyridine rings is 1. The van der Waals surface area contributed by atoms with Gasteiger partial charge in [-0.1, -0.05) is 71.7 Å². The minimum atomic E-state index is -0.281. The van der Waals surface area contributed by atoms with Gasteiger partial charge in [-0.15, -0.1) is 0 Å². The maximum Gasteiger partial charge on any atom is 0.162 e. The molecule has 0 radical (unpaired) electrons. The molecule has 0 fully saturated rings. The van der Waals surface area contributed by atoms with Crippen LogP contribution >= 0.6 is 23.2 Å². The highest BCUT2D eigenvalue weighted by Gasteiger charge is 2.39. The van der Waals surface area contributed by atoms with Crippen LogP contribution in [0.2, 0.25) is 10.0 Å². The van der Waals surface area contributed by atoms with Gasteiger partial charge in [0.2, 0.25) is 0 Å². The number of hydrogen-bond donors (Lipinski definition) is 1. The fraction of sp³-hybridized carbons (Fsp3) is 0.143. The van der Waals surface area contributed by atoms with Crippen molar-refractivity contribution in [3.8, 4) is 0 Å². The molecule has 6 rings (SSSR count). The lowest BCUT2D eigenvalue weighted by molar-refractivity contribution is -0.116. The van der Waals surface area contributed by atoms with Crippen LogP contribution in [0.5, 0.6) is 0 Å². The number of fused-ring (bicyclic) bond motifs is 3. The molecule has 0 spiro atoms. The van der Waals surface area contributed by atoms with Gasteiger partial charge in [0.25, 0.3) is 0 Å². The minimum Gasteiger partial charge on any atom is -0.358 e. The maximum atomic E-state index is 13.7. The maximum absolute atomic E-state index is 13.7. The van der Waals surface area contributed by atoms with Crippen molar-refractivity contribution < 1.29 is 4.79 Å². The highest BCUT2D eigenvalue weighted by molar-refractivity contribution is 6.42. The third-order valence-corrected chi connectivity index (χ3v) is 7.60. The zero-order chi connectivity index (χ0) is 22.5. The lowest BCUT2D eigenvalue weighted by Crippen LogP contribution is -2.30. The van der Waals surface area contributed by atoms with E-state index in [2.05, 4.69) is 34.6 Å². The van der Waals surface area contributed by atoms with Gasteiger partial charge in [0.05, 0.1) is 21.2 Å². The largest absolute Gasteiger partial charge is 0.358 e. The first-order chi connectivity index (χ1) is 16.1. The summed E-state index contributed by atoms with van der Waals surface area (Å²) < 4.78 is 0. The van der Waals surface area contributed by atoms with Crippen molar-refractivity contribution in [2.24, 2.45) is 0 Å². The molecular weight excluding hydrogens is 451 g/mol. The number of nitrogens with one attached hydrogen (secondary N) is 1. The van der Waals surface area contributed by atoms with E-state index in [4.69, 9.17) is 23.2 Å². The third-order valence-electron chi connectivity index (χ3n) is 6.76. The number of rotatable bonds is 2. The molecule has 0 amide bonds. The van der Waals surface area contributed by atoms with Crippen LogP contribution < -0.4 is 5.32 Å². The van der Waals surface area contributed by atoms with E-state index in [-0.39, 0.29) is 17.6 Å². The van der Waals surface area contributed by atoms with Crippen molar-refractivity contribution in [2.45, 2.75) is 24.7 Å². The van der Waals surface area contributed by atoms with Gasteiger partial charge < -0.3 is 5.32 Å². The van der Waals surface area contributed by atoms with Crippen LogP contribution in [-0.2, 0) is 4.79 Å². The SMILES string of the molecule is O=C1CC(c2ccccc2)CC2=C1C(c1cccc(Cl)c1Cl)c1ccc3ncccc3c1N2. The molecule has 162 valence electrons. The first kappa shape index (κ1) is 20.5. The Morgan fingerprint density at radius 1 is 0.848 bits per heavy atom. The fourth-order valence-corrected chi connectivity index (χ4v) is 5.68. The zero-order valence-electron chi connectivity index (χ0n) is 17.7.